The molecular weight excluding hydrogens is 470 g/mol. The summed E-state index contributed by atoms with van der Waals surface area (Å²) in [5.74, 6) is -0.337. The van der Waals surface area contributed by atoms with Crippen molar-refractivity contribution in [3.05, 3.63) is 40.3 Å². The molecule has 12 heteroatoms. The number of halogens is 3. The van der Waals surface area contributed by atoms with E-state index in [1.165, 1.54) is 23.5 Å². The first-order valence-electron chi connectivity index (χ1n) is 9.17. The number of nitrogens with zero attached hydrogens (tertiary/aromatic N) is 3. The van der Waals surface area contributed by atoms with E-state index in [2.05, 4.69) is 15.2 Å². The van der Waals surface area contributed by atoms with E-state index in [9.17, 15) is 4.39 Å². The minimum Gasteiger partial charge on any atom is -0.489 e. The van der Waals surface area contributed by atoms with E-state index in [0.29, 0.717) is 40.2 Å². The standard InChI is InChI=1S/C19H17Cl2FN4O4S/c20-13-4-15(29-6-10(23)5-27)14(22)3-12(13)19-26-25-18(31-19)9-1-16(21)24-17(2-9)30-11-7-28-8-11/h1-4,10-11,27H,5-8,23H2/t10-/m1/s1. The fourth-order valence-electron chi connectivity index (χ4n) is 2.61. The van der Waals surface area contributed by atoms with Crippen LogP contribution in [0.2, 0.25) is 10.2 Å². The zero-order chi connectivity index (χ0) is 22.0. The van der Waals surface area contributed by atoms with Crippen molar-refractivity contribution >= 4 is 34.5 Å². The Bertz CT molecular complexity index is 1080. The topological polar surface area (TPSA) is 113 Å². The molecule has 31 heavy (non-hydrogen) atoms. The molecule has 1 aliphatic rings. The zero-order valence-corrected chi connectivity index (χ0v) is 18.3. The average molecular weight is 487 g/mol. The third-order valence-electron chi connectivity index (χ3n) is 4.28. The number of hydrogen-bond acceptors (Lipinski definition) is 9. The van der Waals surface area contributed by atoms with Gasteiger partial charge in [-0.15, -0.1) is 10.2 Å². The third-order valence-corrected chi connectivity index (χ3v) is 5.79. The molecule has 0 amide bonds. The van der Waals surface area contributed by atoms with Crippen molar-refractivity contribution in [2.75, 3.05) is 26.4 Å². The van der Waals surface area contributed by atoms with Gasteiger partial charge in [0.25, 0.3) is 0 Å². The monoisotopic (exact) mass is 486 g/mol. The molecule has 0 saturated carbocycles. The minimum atomic E-state index is -0.633. The van der Waals surface area contributed by atoms with Crippen LogP contribution in [0, 0.1) is 5.82 Å². The van der Waals surface area contributed by atoms with Gasteiger partial charge in [0.2, 0.25) is 5.88 Å². The highest BCUT2D eigenvalue weighted by Gasteiger charge is 2.22. The summed E-state index contributed by atoms with van der Waals surface area (Å²) in [6.07, 6.45) is -0.0572. The highest BCUT2D eigenvalue weighted by molar-refractivity contribution is 7.18. The number of aromatic nitrogens is 3. The maximum Gasteiger partial charge on any atom is 0.215 e. The van der Waals surface area contributed by atoms with Crippen LogP contribution in [0.15, 0.2) is 24.3 Å². The van der Waals surface area contributed by atoms with Gasteiger partial charge >= 0.3 is 0 Å². The van der Waals surface area contributed by atoms with E-state index >= 15 is 0 Å². The molecule has 3 heterocycles. The molecule has 3 aromatic rings. The summed E-state index contributed by atoms with van der Waals surface area (Å²) in [7, 11) is 0. The summed E-state index contributed by atoms with van der Waals surface area (Å²) < 4.78 is 30.6. The van der Waals surface area contributed by atoms with E-state index in [0.717, 1.165) is 0 Å². The molecule has 1 aromatic carbocycles. The molecule has 1 fully saturated rings. The molecule has 0 bridgehead atoms. The van der Waals surface area contributed by atoms with E-state index < -0.39 is 11.9 Å². The second-order valence-corrected chi connectivity index (χ2v) is 8.49. The number of rotatable bonds is 8. The summed E-state index contributed by atoms with van der Waals surface area (Å²) in [5.41, 5.74) is 6.60. The van der Waals surface area contributed by atoms with Gasteiger partial charge in [0, 0.05) is 23.3 Å². The van der Waals surface area contributed by atoms with Crippen molar-refractivity contribution in [1.29, 1.82) is 0 Å². The number of pyridine rings is 1. The van der Waals surface area contributed by atoms with Gasteiger partial charge in [-0.2, -0.15) is 0 Å². The summed E-state index contributed by atoms with van der Waals surface area (Å²) in [5, 5.41) is 18.7. The number of hydrogen-bond donors (Lipinski definition) is 2. The Labute approximate surface area is 190 Å². The summed E-state index contributed by atoms with van der Waals surface area (Å²) in [6, 6.07) is 5.28. The maximum absolute atomic E-state index is 14.5. The van der Waals surface area contributed by atoms with Gasteiger partial charge < -0.3 is 25.1 Å². The Morgan fingerprint density at radius 1 is 1.23 bits per heavy atom. The van der Waals surface area contributed by atoms with Gasteiger partial charge in [0.05, 0.1) is 30.9 Å². The summed E-state index contributed by atoms with van der Waals surface area (Å²) in [4.78, 5) is 4.15. The van der Waals surface area contributed by atoms with Crippen LogP contribution in [0.25, 0.3) is 21.1 Å². The van der Waals surface area contributed by atoms with Crippen molar-refractivity contribution in [1.82, 2.24) is 15.2 Å². The third kappa shape index (κ3) is 5.22. The van der Waals surface area contributed by atoms with Crippen molar-refractivity contribution < 1.29 is 23.7 Å². The van der Waals surface area contributed by atoms with Crippen LogP contribution in [-0.4, -0.2) is 58.9 Å². The van der Waals surface area contributed by atoms with Crippen LogP contribution in [0.3, 0.4) is 0 Å². The van der Waals surface area contributed by atoms with Crippen molar-refractivity contribution in [3.8, 4) is 32.8 Å². The molecule has 0 aliphatic carbocycles. The fraction of sp³-hybridized carbons (Fsp3) is 0.316. The average Bonchev–Trinajstić information content (AvgIpc) is 3.20. The molecule has 164 valence electrons. The molecule has 1 aliphatic heterocycles. The molecule has 4 rings (SSSR count). The normalized spacial score (nSPS) is 14.9. The molecule has 8 nitrogen and oxygen atoms in total. The van der Waals surface area contributed by atoms with Crippen LogP contribution in [-0.2, 0) is 4.74 Å². The van der Waals surface area contributed by atoms with Crippen LogP contribution in [0.1, 0.15) is 0 Å². The van der Waals surface area contributed by atoms with Gasteiger partial charge in [-0.1, -0.05) is 34.5 Å². The highest BCUT2D eigenvalue weighted by Crippen LogP contribution is 2.38. The summed E-state index contributed by atoms with van der Waals surface area (Å²) >= 11 is 13.7. The Morgan fingerprint density at radius 2 is 2.00 bits per heavy atom. The number of benzene rings is 1. The van der Waals surface area contributed by atoms with Crippen molar-refractivity contribution in [2.45, 2.75) is 12.1 Å². The second-order valence-electron chi connectivity index (χ2n) is 6.72. The van der Waals surface area contributed by atoms with E-state index in [4.69, 9.17) is 48.3 Å². The Balaban J connectivity index is 1.57. The second kappa shape index (κ2) is 9.60. The summed E-state index contributed by atoms with van der Waals surface area (Å²) in [6.45, 7) is 0.678. The Kier molecular flexibility index (Phi) is 6.85. The Morgan fingerprint density at radius 3 is 2.71 bits per heavy atom. The lowest BCUT2D eigenvalue weighted by atomic mass is 10.2. The van der Waals surface area contributed by atoms with Gasteiger partial charge in [-0.25, -0.2) is 9.37 Å². The number of aliphatic hydroxyl groups excluding tert-OH is 1. The molecule has 2 aromatic heterocycles. The molecule has 1 atom stereocenters. The van der Waals surface area contributed by atoms with Gasteiger partial charge in [-0.3, -0.25) is 0 Å². The van der Waals surface area contributed by atoms with E-state index in [1.807, 2.05) is 0 Å². The van der Waals surface area contributed by atoms with Crippen molar-refractivity contribution in [3.63, 3.8) is 0 Å². The number of aliphatic hydroxyl groups is 1. The minimum absolute atomic E-state index is 0.0494. The zero-order valence-electron chi connectivity index (χ0n) is 15.9. The predicted octanol–water partition coefficient (Wildman–Crippen LogP) is 3.19. The van der Waals surface area contributed by atoms with E-state index in [-0.39, 0.29) is 35.2 Å². The molecule has 1 saturated heterocycles. The first-order valence-corrected chi connectivity index (χ1v) is 10.7. The highest BCUT2D eigenvalue weighted by atomic mass is 35.5. The maximum atomic E-state index is 14.5. The quantitative estimate of drug-likeness (QED) is 0.466. The largest absolute Gasteiger partial charge is 0.489 e. The lowest BCUT2D eigenvalue weighted by Crippen LogP contribution is -2.38. The van der Waals surface area contributed by atoms with Crippen LogP contribution in [0.4, 0.5) is 4.39 Å². The smallest absolute Gasteiger partial charge is 0.215 e. The SMILES string of the molecule is N[C@H](CO)COc1cc(Cl)c(-c2nnc(-c3cc(Cl)nc(OC4COC4)c3)s2)cc1F. The van der Waals surface area contributed by atoms with Gasteiger partial charge in [0.1, 0.15) is 27.9 Å². The number of ether oxygens (including phenoxy) is 3. The van der Waals surface area contributed by atoms with Gasteiger partial charge in [0.15, 0.2) is 11.6 Å². The van der Waals surface area contributed by atoms with Gasteiger partial charge in [-0.05, 0) is 12.1 Å². The van der Waals surface area contributed by atoms with Crippen molar-refractivity contribution in [2.24, 2.45) is 5.73 Å². The lowest BCUT2D eigenvalue weighted by molar-refractivity contribution is -0.0813. The lowest BCUT2D eigenvalue weighted by Gasteiger charge is -2.26. The van der Waals surface area contributed by atoms with Crippen LogP contribution < -0.4 is 15.2 Å². The number of nitrogens with two attached hydrogens (primary N) is 1. The Hall–Kier alpha value is -2.08. The molecule has 0 unspecified atom stereocenters. The predicted molar refractivity (Wildman–Crippen MR) is 114 cm³/mol. The van der Waals surface area contributed by atoms with Crippen LogP contribution >= 0.6 is 34.5 Å². The molecule has 0 spiro atoms. The molecule has 3 N–H and O–H groups in total. The van der Waals surface area contributed by atoms with E-state index in [1.54, 1.807) is 12.1 Å². The molecular formula is C19H17Cl2FN4O4S. The molecule has 0 radical (unpaired) electrons. The first-order chi connectivity index (χ1) is 14.9. The first kappa shape index (κ1) is 22.1. The fourth-order valence-corrected chi connectivity index (χ4v) is 3.97. The van der Waals surface area contributed by atoms with Crippen LogP contribution in [0.5, 0.6) is 11.6 Å².